The summed E-state index contributed by atoms with van der Waals surface area (Å²) in [6.45, 7) is 3.92. The number of nitrogens with zero attached hydrogens (tertiary/aromatic N) is 2. The van der Waals surface area contributed by atoms with Crippen LogP contribution in [-0.2, 0) is 0 Å². The van der Waals surface area contributed by atoms with Gasteiger partial charge < -0.3 is 10.1 Å². The van der Waals surface area contributed by atoms with E-state index >= 15 is 0 Å². The molecule has 0 saturated heterocycles. The second-order valence-electron chi connectivity index (χ2n) is 3.98. The van der Waals surface area contributed by atoms with Gasteiger partial charge in [0, 0.05) is 17.4 Å². The summed E-state index contributed by atoms with van der Waals surface area (Å²) in [5.74, 6) is 1.57. The lowest BCUT2D eigenvalue weighted by molar-refractivity contribution is 0.412. The van der Waals surface area contributed by atoms with Crippen molar-refractivity contribution in [2.24, 2.45) is 0 Å². The number of halogens is 1. The predicted octanol–water partition coefficient (Wildman–Crippen LogP) is 3.50. The van der Waals surface area contributed by atoms with E-state index in [1.165, 1.54) is 0 Å². The first-order valence-corrected chi connectivity index (χ1v) is 5.89. The zero-order valence-corrected chi connectivity index (χ0v) is 11.2. The van der Waals surface area contributed by atoms with Crippen molar-refractivity contribution in [3.8, 4) is 5.75 Å². The van der Waals surface area contributed by atoms with E-state index in [0.29, 0.717) is 5.82 Å². The number of hydrogen-bond acceptors (Lipinski definition) is 4. The highest BCUT2D eigenvalue weighted by Crippen LogP contribution is 2.24. The zero-order chi connectivity index (χ0) is 13.1. The molecule has 0 aliphatic carbocycles. The van der Waals surface area contributed by atoms with Crippen molar-refractivity contribution >= 4 is 23.1 Å². The fourth-order valence-corrected chi connectivity index (χ4v) is 1.77. The Morgan fingerprint density at radius 3 is 2.67 bits per heavy atom. The molecule has 0 bridgehead atoms. The fraction of sp³-hybridized carbons (Fsp3) is 0.231. The molecule has 1 aromatic heterocycles. The van der Waals surface area contributed by atoms with Crippen LogP contribution in [0.15, 0.2) is 24.4 Å². The van der Waals surface area contributed by atoms with Gasteiger partial charge in [-0.3, -0.25) is 0 Å². The van der Waals surface area contributed by atoms with Crippen LogP contribution in [0.5, 0.6) is 5.75 Å². The second-order valence-corrected chi connectivity index (χ2v) is 4.32. The first kappa shape index (κ1) is 12.6. The van der Waals surface area contributed by atoms with Gasteiger partial charge in [-0.05, 0) is 49.2 Å². The van der Waals surface area contributed by atoms with Crippen molar-refractivity contribution in [3.63, 3.8) is 0 Å². The molecule has 18 heavy (non-hydrogen) atoms. The molecule has 0 saturated carbocycles. The largest absolute Gasteiger partial charge is 0.496 e. The standard InChI is InChI=1S/C13H14ClN3O/c1-8-6-10(4-5-11(8)18-3)16-12-9(2)7-15-13(14)17-12/h4-7H,1-3H3,(H,15,16,17). The van der Waals surface area contributed by atoms with Crippen molar-refractivity contribution in [1.82, 2.24) is 9.97 Å². The number of aryl methyl sites for hydroxylation is 2. The van der Waals surface area contributed by atoms with E-state index in [0.717, 1.165) is 22.6 Å². The minimum Gasteiger partial charge on any atom is -0.496 e. The van der Waals surface area contributed by atoms with E-state index in [1.54, 1.807) is 13.3 Å². The number of aromatic nitrogens is 2. The maximum atomic E-state index is 5.78. The normalized spacial score (nSPS) is 10.2. The SMILES string of the molecule is COc1ccc(Nc2nc(Cl)ncc2C)cc1C. The number of anilines is 2. The van der Waals surface area contributed by atoms with Crippen LogP contribution in [-0.4, -0.2) is 17.1 Å². The quantitative estimate of drug-likeness (QED) is 0.861. The van der Waals surface area contributed by atoms with E-state index < -0.39 is 0 Å². The third-order valence-electron chi connectivity index (χ3n) is 2.60. The lowest BCUT2D eigenvalue weighted by atomic mass is 10.2. The van der Waals surface area contributed by atoms with Gasteiger partial charge in [0.15, 0.2) is 0 Å². The molecule has 0 spiro atoms. The highest BCUT2D eigenvalue weighted by Gasteiger charge is 2.04. The van der Waals surface area contributed by atoms with Gasteiger partial charge in [0.05, 0.1) is 7.11 Å². The zero-order valence-electron chi connectivity index (χ0n) is 10.5. The highest BCUT2D eigenvalue weighted by atomic mass is 35.5. The van der Waals surface area contributed by atoms with Crippen LogP contribution in [0, 0.1) is 13.8 Å². The average molecular weight is 264 g/mol. The van der Waals surface area contributed by atoms with E-state index in [1.807, 2.05) is 32.0 Å². The first-order valence-electron chi connectivity index (χ1n) is 5.51. The minimum absolute atomic E-state index is 0.230. The Bertz CT molecular complexity index is 572. The van der Waals surface area contributed by atoms with Crippen LogP contribution >= 0.6 is 11.6 Å². The minimum atomic E-state index is 0.230. The van der Waals surface area contributed by atoms with Crippen molar-refractivity contribution in [1.29, 1.82) is 0 Å². The maximum Gasteiger partial charge on any atom is 0.224 e. The second kappa shape index (κ2) is 5.23. The summed E-state index contributed by atoms with van der Waals surface area (Å²) in [4.78, 5) is 8.07. The monoisotopic (exact) mass is 263 g/mol. The van der Waals surface area contributed by atoms with Gasteiger partial charge >= 0.3 is 0 Å². The van der Waals surface area contributed by atoms with Crippen molar-refractivity contribution in [2.75, 3.05) is 12.4 Å². The first-order chi connectivity index (χ1) is 8.60. The Kier molecular flexibility index (Phi) is 3.67. The van der Waals surface area contributed by atoms with Gasteiger partial charge in [-0.1, -0.05) is 0 Å². The molecule has 94 valence electrons. The van der Waals surface area contributed by atoms with Gasteiger partial charge in [0.2, 0.25) is 5.28 Å². The van der Waals surface area contributed by atoms with Gasteiger partial charge in [-0.2, -0.15) is 0 Å². The summed E-state index contributed by atoms with van der Waals surface area (Å²) in [5.41, 5.74) is 2.93. The smallest absolute Gasteiger partial charge is 0.224 e. The van der Waals surface area contributed by atoms with Gasteiger partial charge in [-0.25, -0.2) is 9.97 Å². The summed E-state index contributed by atoms with van der Waals surface area (Å²) in [7, 11) is 1.66. The molecular weight excluding hydrogens is 250 g/mol. The summed E-state index contributed by atoms with van der Waals surface area (Å²) in [6, 6.07) is 5.84. The summed E-state index contributed by atoms with van der Waals surface area (Å²) >= 11 is 5.78. The molecule has 0 aliphatic heterocycles. The molecule has 4 nitrogen and oxygen atoms in total. The predicted molar refractivity (Wildman–Crippen MR) is 72.8 cm³/mol. The highest BCUT2D eigenvalue weighted by molar-refractivity contribution is 6.28. The summed E-state index contributed by atoms with van der Waals surface area (Å²) < 4.78 is 5.22. The maximum absolute atomic E-state index is 5.78. The van der Waals surface area contributed by atoms with E-state index in [-0.39, 0.29) is 5.28 Å². The lowest BCUT2D eigenvalue weighted by Gasteiger charge is -2.10. The molecule has 5 heteroatoms. The Morgan fingerprint density at radius 2 is 2.00 bits per heavy atom. The van der Waals surface area contributed by atoms with Crippen LogP contribution in [0.2, 0.25) is 5.28 Å². The van der Waals surface area contributed by atoms with Gasteiger partial charge in [0.1, 0.15) is 11.6 Å². The molecule has 1 aromatic carbocycles. The molecule has 1 heterocycles. The van der Waals surface area contributed by atoms with E-state index in [9.17, 15) is 0 Å². The molecule has 0 unspecified atom stereocenters. The molecule has 0 amide bonds. The molecule has 0 radical (unpaired) electrons. The molecule has 1 N–H and O–H groups in total. The number of hydrogen-bond donors (Lipinski definition) is 1. The van der Waals surface area contributed by atoms with E-state index in [2.05, 4.69) is 15.3 Å². The van der Waals surface area contributed by atoms with Crippen LogP contribution in [0.4, 0.5) is 11.5 Å². The van der Waals surface area contributed by atoms with Crippen LogP contribution in [0.1, 0.15) is 11.1 Å². The fourth-order valence-electron chi connectivity index (χ4n) is 1.64. The number of ether oxygens (including phenoxy) is 1. The van der Waals surface area contributed by atoms with Crippen molar-refractivity contribution < 1.29 is 4.74 Å². The van der Waals surface area contributed by atoms with Crippen LogP contribution < -0.4 is 10.1 Å². The topological polar surface area (TPSA) is 47.0 Å². The Labute approximate surface area is 111 Å². The number of methoxy groups -OCH3 is 1. The molecule has 0 aliphatic rings. The van der Waals surface area contributed by atoms with Crippen LogP contribution in [0.3, 0.4) is 0 Å². The Morgan fingerprint density at radius 1 is 1.22 bits per heavy atom. The number of benzene rings is 1. The molecule has 0 atom stereocenters. The van der Waals surface area contributed by atoms with Crippen molar-refractivity contribution in [2.45, 2.75) is 13.8 Å². The van der Waals surface area contributed by atoms with Crippen molar-refractivity contribution in [3.05, 3.63) is 40.8 Å². The number of rotatable bonds is 3. The van der Waals surface area contributed by atoms with Gasteiger partial charge in [0.25, 0.3) is 0 Å². The Balaban J connectivity index is 2.28. The average Bonchev–Trinajstić information content (AvgIpc) is 2.34. The molecule has 2 aromatic rings. The summed E-state index contributed by atoms with van der Waals surface area (Å²) in [6.07, 6.45) is 1.69. The van der Waals surface area contributed by atoms with Gasteiger partial charge in [-0.15, -0.1) is 0 Å². The molecule has 0 fully saturated rings. The third kappa shape index (κ3) is 2.71. The number of nitrogens with one attached hydrogen (secondary N) is 1. The Hall–Kier alpha value is -1.81. The van der Waals surface area contributed by atoms with Crippen LogP contribution in [0.25, 0.3) is 0 Å². The molecule has 2 rings (SSSR count). The lowest BCUT2D eigenvalue weighted by Crippen LogP contribution is -1.98. The third-order valence-corrected chi connectivity index (χ3v) is 2.78. The molecular formula is C13H14ClN3O. The summed E-state index contributed by atoms with van der Waals surface area (Å²) in [5, 5.41) is 3.44. The van der Waals surface area contributed by atoms with E-state index in [4.69, 9.17) is 16.3 Å².